The standard InChI is InChI=1S/C18H33P.2C9H12N2.C8H6.2ClH.Ru/c1-4-10-16(11-5-1)19(17-12-6-2-7-13-17)18-14-8-3-9-15-18;2*1-2-8-11(7-1)9-3-5-10-6-4-9;1-2-8-6-4-3-5-7-8;;;/h16-18H,1-15H2;2*3-6H,1-2,7-8H2;2-7H;2*1H;/q;;;;;;+2/p-1. The summed E-state index contributed by atoms with van der Waals surface area (Å²) in [5.41, 5.74) is 7.40. The van der Waals surface area contributed by atoms with Gasteiger partial charge in [-0.25, -0.2) is 0 Å². The van der Waals surface area contributed by atoms with Gasteiger partial charge in [0.1, 0.15) is 0 Å². The van der Waals surface area contributed by atoms with Crippen molar-refractivity contribution in [3.63, 3.8) is 0 Å². The first-order chi connectivity index (χ1) is 25.7. The van der Waals surface area contributed by atoms with E-state index >= 15 is 0 Å². The monoisotopic (exact) mass is 851 g/mol. The SMILES string of the molecule is C1CCC([PH+](C2CCCCC2)C2CCCCC2)CC1.[Cl][Ru]([Cl])=[C]=Cc1ccccc1.c1cc(N2CCCC2)ccn1.c1cc(N2CCCC2)ccn1. The number of halogens is 2. The minimum absolute atomic E-state index is 0.0465. The summed E-state index contributed by atoms with van der Waals surface area (Å²) in [4.78, 5) is 12.8. The molecule has 5 aliphatic rings. The second-order valence-corrected chi connectivity index (χ2v) is 24.0. The van der Waals surface area contributed by atoms with Gasteiger partial charge in [-0.1, -0.05) is 19.3 Å². The van der Waals surface area contributed by atoms with Crippen LogP contribution in [0.15, 0.2) is 79.4 Å². The van der Waals surface area contributed by atoms with E-state index in [4.69, 9.17) is 19.4 Å². The summed E-state index contributed by atoms with van der Waals surface area (Å²) >= 11 is -1.74. The second kappa shape index (κ2) is 24.7. The summed E-state index contributed by atoms with van der Waals surface area (Å²) in [6.45, 7) is 4.85. The maximum Gasteiger partial charge on any atom is 0.0397 e. The van der Waals surface area contributed by atoms with Gasteiger partial charge in [0.2, 0.25) is 0 Å². The first kappa shape index (κ1) is 41.6. The molecule has 0 spiro atoms. The predicted octanol–water partition coefficient (Wildman–Crippen LogP) is 12.6. The molecule has 3 aliphatic carbocycles. The Bertz CT molecular complexity index is 1310. The fourth-order valence-corrected chi connectivity index (χ4v) is 15.2. The smallest absolute Gasteiger partial charge is 0.0397 e. The van der Waals surface area contributed by atoms with Crippen LogP contribution in [0.1, 0.15) is 128 Å². The van der Waals surface area contributed by atoms with Gasteiger partial charge in [-0.2, -0.15) is 0 Å². The first-order valence-electron chi connectivity index (χ1n) is 20.5. The number of anilines is 2. The van der Waals surface area contributed by atoms with E-state index in [1.165, 1.54) is 80.2 Å². The molecule has 286 valence electrons. The molecular weight excluding hydrogens is 787 g/mol. The van der Waals surface area contributed by atoms with Crippen molar-refractivity contribution in [2.45, 2.75) is 139 Å². The normalized spacial score (nSPS) is 20.0. The molecule has 0 N–H and O–H groups in total. The molecule has 3 saturated carbocycles. The molecule has 4 nitrogen and oxygen atoms in total. The summed E-state index contributed by atoms with van der Waals surface area (Å²) in [6, 6.07) is 18.2. The van der Waals surface area contributed by atoms with Crippen molar-refractivity contribution in [1.82, 2.24) is 9.97 Å². The molecule has 0 radical (unpaired) electrons. The van der Waals surface area contributed by atoms with Crippen LogP contribution in [0.4, 0.5) is 11.4 Å². The van der Waals surface area contributed by atoms with Crippen LogP contribution in [-0.2, 0) is 13.5 Å². The number of nitrogens with zero attached hydrogens (tertiary/aromatic N) is 4. The molecular formula is C44H64Cl2N4PRu+. The molecule has 0 amide bonds. The molecule has 3 aromatic rings. The Morgan fingerprint density at radius 2 is 0.885 bits per heavy atom. The van der Waals surface area contributed by atoms with Crippen molar-refractivity contribution in [2.24, 2.45) is 0 Å². The number of hydrogen-bond acceptors (Lipinski definition) is 4. The molecule has 0 atom stereocenters. The molecule has 0 bridgehead atoms. The van der Waals surface area contributed by atoms with Gasteiger partial charge in [-0.05, 0) is 127 Å². The van der Waals surface area contributed by atoms with Gasteiger partial charge in [0, 0.05) is 70.3 Å². The van der Waals surface area contributed by atoms with E-state index in [9.17, 15) is 0 Å². The van der Waals surface area contributed by atoms with Crippen LogP contribution >= 0.6 is 27.3 Å². The molecule has 52 heavy (non-hydrogen) atoms. The molecule has 4 heterocycles. The van der Waals surface area contributed by atoms with Crippen molar-refractivity contribution in [2.75, 3.05) is 36.0 Å². The Morgan fingerprint density at radius 1 is 0.519 bits per heavy atom. The molecule has 0 unspecified atom stereocenters. The largest absolute Gasteiger partial charge is 0.371 e. The van der Waals surface area contributed by atoms with Crippen LogP contribution in [-0.4, -0.2) is 57.4 Å². The zero-order chi connectivity index (χ0) is 36.1. The predicted molar refractivity (Wildman–Crippen MR) is 228 cm³/mol. The Morgan fingerprint density at radius 3 is 1.23 bits per heavy atom. The Kier molecular flexibility index (Phi) is 19.8. The fourth-order valence-electron chi connectivity index (χ4n) is 9.01. The van der Waals surface area contributed by atoms with Gasteiger partial charge < -0.3 is 9.80 Å². The maximum atomic E-state index is 5.59. The van der Waals surface area contributed by atoms with E-state index in [0.717, 1.165) is 5.56 Å². The number of hydrogen-bond donors (Lipinski definition) is 0. The van der Waals surface area contributed by atoms with Crippen LogP contribution in [0.2, 0.25) is 0 Å². The van der Waals surface area contributed by atoms with E-state index in [2.05, 4.69) is 48.3 Å². The van der Waals surface area contributed by atoms with E-state index in [1.54, 1.807) is 96.3 Å². The quantitative estimate of drug-likeness (QED) is 0.183. The summed E-state index contributed by atoms with van der Waals surface area (Å²) in [5, 5.41) is 0. The van der Waals surface area contributed by atoms with Crippen LogP contribution in [0.25, 0.3) is 6.08 Å². The second-order valence-electron chi connectivity index (χ2n) is 15.1. The van der Waals surface area contributed by atoms with E-state index < -0.39 is 13.5 Å². The summed E-state index contributed by atoms with van der Waals surface area (Å²) < 4.78 is 2.91. The molecule has 2 saturated heterocycles. The van der Waals surface area contributed by atoms with Crippen LogP contribution in [0.3, 0.4) is 0 Å². The molecule has 8 rings (SSSR count). The van der Waals surface area contributed by atoms with Gasteiger partial charge in [0.05, 0.1) is 17.0 Å². The summed E-state index contributed by atoms with van der Waals surface area (Å²) in [5.74, 6) is 0. The van der Waals surface area contributed by atoms with Crippen molar-refractivity contribution in [1.29, 1.82) is 0 Å². The minimum Gasteiger partial charge on any atom is -0.371 e. The average Bonchev–Trinajstić information content (AvgIpc) is 3.97. The number of benzene rings is 1. The topological polar surface area (TPSA) is 32.3 Å². The molecule has 8 heteroatoms. The number of pyridine rings is 2. The maximum absolute atomic E-state index is 5.59. The van der Waals surface area contributed by atoms with Gasteiger partial charge in [0.15, 0.2) is 0 Å². The van der Waals surface area contributed by atoms with E-state index in [0.29, 0.717) is 0 Å². The third kappa shape index (κ3) is 14.9. The average molecular weight is 852 g/mol. The molecule has 1 aromatic carbocycles. The van der Waals surface area contributed by atoms with Gasteiger partial charge in [-0.15, -0.1) is 0 Å². The van der Waals surface area contributed by atoms with Crippen LogP contribution < -0.4 is 9.80 Å². The van der Waals surface area contributed by atoms with E-state index in [-0.39, 0.29) is 7.92 Å². The van der Waals surface area contributed by atoms with Gasteiger partial charge in [0.25, 0.3) is 0 Å². The Labute approximate surface area is 330 Å². The Balaban J connectivity index is 0.000000139. The van der Waals surface area contributed by atoms with Gasteiger partial charge >= 0.3 is 79.1 Å². The number of aromatic nitrogens is 2. The third-order valence-electron chi connectivity index (χ3n) is 11.6. The fraction of sp³-hybridized carbons (Fsp3) is 0.591. The zero-order valence-electron chi connectivity index (χ0n) is 31.5. The van der Waals surface area contributed by atoms with Crippen molar-refractivity contribution < 1.29 is 13.5 Å². The van der Waals surface area contributed by atoms with Gasteiger partial charge in [-0.3, -0.25) is 9.97 Å². The number of rotatable bonds is 6. The summed E-state index contributed by atoms with van der Waals surface area (Å²) in [6.07, 6.45) is 38.4. The van der Waals surface area contributed by atoms with Crippen LogP contribution in [0.5, 0.6) is 0 Å². The Hall–Kier alpha value is -1.60. The molecule has 2 aliphatic heterocycles. The van der Waals surface area contributed by atoms with Crippen LogP contribution in [0, 0.1) is 0 Å². The van der Waals surface area contributed by atoms with Crippen molar-refractivity contribution in [3.8, 4) is 0 Å². The summed E-state index contributed by atoms with van der Waals surface area (Å²) in [7, 11) is 11.1. The van der Waals surface area contributed by atoms with E-state index in [1.807, 2.05) is 61.2 Å². The third-order valence-corrected chi connectivity index (χ3v) is 17.7. The first-order valence-corrected chi connectivity index (χ1v) is 27.6. The minimum atomic E-state index is -1.74. The molecule has 5 fully saturated rings. The van der Waals surface area contributed by atoms with Crippen molar-refractivity contribution >= 4 is 49.0 Å². The molecule has 2 aromatic heterocycles. The van der Waals surface area contributed by atoms with Crippen molar-refractivity contribution in [3.05, 3.63) is 84.9 Å². The zero-order valence-corrected chi connectivity index (χ0v) is 35.7.